The van der Waals surface area contributed by atoms with Gasteiger partial charge in [-0.15, -0.1) is 0 Å². The molecule has 0 spiro atoms. The topological polar surface area (TPSA) is 17.0 Å². The van der Waals surface area contributed by atoms with Crippen molar-refractivity contribution in [2.45, 2.75) is 20.8 Å². The first-order valence-corrected chi connectivity index (χ1v) is 3.06. The van der Waals surface area contributed by atoms with Gasteiger partial charge in [-0.1, -0.05) is 0 Å². The number of aryl methyl sites for hydroxylation is 2. The Kier molecular flexibility index (Phi) is 1.31. The Morgan fingerprint density at radius 1 is 1.22 bits per heavy atom. The lowest BCUT2D eigenvalue weighted by Crippen LogP contribution is -2.27. The van der Waals surface area contributed by atoms with E-state index in [1.165, 1.54) is 11.3 Å². The van der Waals surface area contributed by atoms with Crippen molar-refractivity contribution in [3.05, 3.63) is 17.0 Å². The molecule has 0 saturated carbocycles. The first-order chi connectivity index (χ1) is 4.13. The van der Waals surface area contributed by atoms with Gasteiger partial charge in [-0.3, -0.25) is 0 Å². The van der Waals surface area contributed by atoms with Crippen molar-refractivity contribution in [1.82, 2.24) is 0 Å². The van der Waals surface area contributed by atoms with Crippen LogP contribution in [0.2, 0.25) is 0 Å². The molecule has 0 aliphatic carbocycles. The van der Waals surface area contributed by atoms with Crippen LogP contribution in [0, 0.1) is 20.8 Å². The zero-order chi connectivity index (χ0) is 7.02. The van der Waals surface area contributed by atoms with Gasteiger partial charge in [0.2, 0.25) is 5.69 Å². The second kappa shape index (κ2) is 1.87. The Bertz CT molecular complexity index is 203. The molecule has 0 radical (unpaired) electrons. The molecule has 0 N–H and O–H groups in total. The van der Waals surface area contributed by atoms with E-state index in [2.05, 4.69) is 6.92 Å². The van der Waals surface area contributed by atoms with Crippen molar-refractivity contribution in [2.24, 2.45) is 7.05 Å². The molecule has 2 heteroatoms. The third-order valence-corrected chi connectivity index (χ3v) is 1.82. The Labute approximate surface area is 55.1 Å². The predicted octanol–water partition coefficient (Wildman–Crippen LogP) is 1.03. The Balaban J connectivity index is 3.29. The fourth-order valence-corrected chi connectivity index (χ4v) is 0.833. The van der Waals surface area contributed by atoms with E-state index in [-0.39, 0.29) is 0 Å². The first-order valence-electron chi connectivity index (χ1n) is 3.06. The van der Waals surface area contributed by atoms with Crippen LogP contribution in [-0.4, -0.2) is 0 Å². The van der Waals surface area contributed by atoms with Crippen molar-refractivity contribution in [2.75, 3.05) is 0 Å². The molecule has 50 valence electrons. The highest BCUT2D eigenvalue weighted by Crippen LogP contribution is 2.06. The largest absolute Gasteiger partial charge is 0.241 e. The van der Waals surface area contributed by atoms with Gasteiger partial charge in [-0.2, -0.15) is 0 Å². The maximum atomic E-state index is 5.26. The van der Waals surface area contributed by atoms with E-state index in [0.717, 1.165) is 5.76 Å². The highest BCUT2D eigenvalue weighted by molar-refractivity contribution is 5.14. The molecule has 1 aromatic heterocycles. The number of hydrogen-bond acceptors (Lipinski definition) is 1. The third-order valence-electron chi connectivity index (χ3n) is 1.82. The van der Waals surface area contributed by atoms with Crippen molar-refractivity contribution < 1.29 is 9.26 Å². The monoisotopic (exact) mass is 126 g/mol. The molecule has 0 aliphatic heterocycles. The van der Waals surface area contributed by atoms with Crippen LogP contribution in [0.1, 0.15) is 17.0 Å². The van der Waals surface area contributed by atoms with E-state index in [9.17, 15) is 0 Å². The number of aromatic nitrogens is 1. The lowest BCUT2D eigenvalue weighted by atomic mass is 10.2. The SMILES string of the molecule is Cc1o[n+](C)c(C)c1C. The molecule has 1 rings (SSSR count). The minimum absolute atomic E-state index is 1.01. The van der Waals surface area contributed by atoms with Crippen LogP contribution < -0.4 is 4.74 Å². The number of nitrogens with zero attached hydrogens (tertiary/aromatic N) is 1. The van der Waals surface area contributed by atoms with E-state index in [1.54, 1.807) is 4.74 Å². The second-order valence-electron chi connectivity index (χ2n) is 2.36. The molecule has 0 bridgehead atoms. The van der Waals surface area contributed by atoms with E-state index < -0.39 is 0 Å². The molecule has 0 atom stereocenters. The molecular weight excluding hydrogens is 114 g/mol. The first kappa shape index (κ1) is 6.33. The summed E-state index contributed by atoms with van der Waals surface area (Å²) in [5.74, 6) is 1.01. The lowest BCUT2D eigenvalue weighted by molar-refractivity contribution is -0.850. The van der Waals surface area contributed by atoms with Gasteiger partial charge in [0.15, 0.2) is 12.8 Å². The summed E-state index contributed by atoms with van der Waals surface area (Å²) in [5.41, 5.74) is 2.45. The summed E-state index contributed by atoms with van der Waals surface area (Å²) in [7, 11) is 1.91. The fourth-order valence-electron chi connectivity index (χ4n) is 0.833. The number of hydrogen-bond donors (Lipinski definition) is 0. The van der Waals surface area contributed by atoms with E-state index in [1.807, 2.05) is 20.9 Å². The van der Waals surface area contributed by atoms with Gasteiger partial charge in [0, 0.05) is 13.8 Å². The molecule has 1 aromatic rings. The molecule has 9 heavy (non-hydrogen) atoms. The zero-order valence-corrected chi connectivity index (χ0v) is 6.36. The molecule has 0 amide bonds. The summed E-state index contributed by atoms with van der Waals surface area (Å²) >= 11 is 0. The van der Waals surface area contributed by atoms with Gasteiger partial charge in [-0.25, -0.2) is 4.52 Å². The average Bonchev–Trinajstić information content (AvgIpc) is 1.98. The summed E-state index contributed by atoms with van der Waals surface area (Å²) in [6.45, 7) is 6.09. The minimum Gasteiger partial charge on any atom is -0.241 e. The van der Waals surface area contributed by atoms with Gasteiger partial charge >= 0.3 is 0 Å². The minimum atomic E-state index is 1.01. The molecular formula is C7H12NO+. The van der Waals surface area contributed by atoms with Crippen LogP contribution in [0.4, 0.5) is 0 Å². The standard InChI is InChI=1S/C7H12NO/c1-5-6(2)8(4)9-7(5)3/h1-4H3/q+1. The van der Waals surface area contributed by atoms with Gasteiger partial charge in [0.1, 0.15) is 0 Å². The maximum absolute atomic E-state index is 5.26. The van der Waals surface area contributed by atoms with Crippen LogP contribution in [0.15, 0.2) is 4.52 Å². The maximum Gasteiger partial charge on any atom is 0.231 e. The Morgan fingerprint density at radius 3 is 1.89 bits per heavy atom. The van der Waals surface area contributed by atoms with E-state index >= 15 is 0 Å². The fraction of sp³-hybridized carbons (Fsp3) is 0.571. The molecule has 0 fully saturated rings. The Morgan fingerprint density at radius 2 is 1.78 bits per heavy atom. The molecule has 0 unspecified atom stereocenters. The van der Waals surface area contributed by atoms with Crippen molar-refractivity contribution in [1.29, 1.82) is 0 Å². The molecule has 0 saturated heterocycles. The molecule has 2 nitrogen and oxygen atoms in total. The van der Waals surface area contributed by atoms with E-state index in [4.69, 9.17) is 4.52 Å². The summed E-state index contributed by atoms with van der Waals surface area (Å²) < 4.78 is 7.04. The van der Waals surface area contributed by atoms with E-state index in [0.29, 0.717) is 0 Å². The summed E-state index contributed by atoms with van der Waals surface area (Å²) in [4.78, 5) is 0. The normalized spacial score (nSPS) is 10.2. The lowest BCUT2D eigenvalue weighted by Gasteiger charge is -1.76. The van der Waals surface area contributed by atoms with Gasteiger partial charge in [-0.05, 0) is 11.7 Å². The highest BCUT2D eigenvalue weighted by atomic mass is 16.5. The summed E-state index contributed by atoms with van der Waals surface area (Å²) in [6.07, 6.45) is 0. The Hall–Kier alpha value is -0.790. The van der Waals surface area contributed by atoms with Crippen LogP contribution in [0.5, 0.6) is 0 Å². The van der Waals surface area contributed by atoms with Crippen LogP contribution in [0.25, 0.3) is 0 Å². The summed E-state index contributed by atoms with van der Waals surface area (Å²) in [5, 5.41) is 0. The molecule has 1 heterocycles. The van der Waals surface area contributed by atoms with Crippen molar-refractivity contribution >= 4 is 0 Å². The third kappa shape index (κ3) is 0.846. The average molecular weight is 126 g/mol. The van der Waals surface area contributed by atoms with Crippen LogP contribution in [-0.2, 0) is 7.05 Å². The van der Waals surface area contributed by atoms with Crippen LogP contribution >= 0.6 is 0 Å². The van der Waals surface area contributed by atoms with Gasteiger partial charge in [0.25, 0.3) is 0 Å². The predicted molar refractivity (Wildman–Crippen MR) is 34.1 cm³/mol. The molecule has 0 aliphatic rings. The highest BCUT2D eigenvalue weighted by Gasteiger charge is 2.13. The summed E-state index contributed by atoms with van der Waals surface area (Å²) in [6, 6.07) is 0. The van der Waals surface area contributed by atoms with Crippen LogP contribution in [0.3, 0.4) is 0 Å². The van der Waals surface area contributed by atoms with Gasteiger partial charge < -0.3 is 0 Å². The quantitative estimate of drug-likeness (QED) is 0.474. The smallest absolute Gasteiger partial charge is 0.231 e. The van der Waals surface area contributed by atoms with Crippen molar-refractivity contribution in [3.8, 4) is 0 Å². The van der Waals surface area contributed by atoms with Crippen molar-refractivity contribution in [3.63, 3.8) is 0 Å². The number of rotatable bonds is 0. The molecule has 0 aromatic carbocycles. The van der Waals surface area contributed by atoms with Gasteiger partial charge in [0.05, 0.1) is 5.56 Å². The zero-order valence-electron chi connectivity index (χ0n) is 6.36. The second-order valence-corrected chi connectivity index (χ2v) is 2.36.